The second-order valence-corrected chi connectivity index (χ2v) is 26.0. The van der Waals surface area contributed by atoms with Gasteiger partial charge in [-0.25, -0.2) is 9.97 Å². The molecular formula is C68H93N7O16. The van der Waals surface area contributed by atoms with Crippen LogP contribution in [0.5, 0.6) is 17.5 Å². The zero-order valence-electron chi connectivity index (χ0n) is 54.8. The maximum absolute atomic E-state index is 13.5. The van der Waals surface area contributed by atoms with Crippen molar-refractivity contribution in [2.45, 2.75) is 202 Å². The number of nitrogens with one attached hydrogen (secondary N) is 3. The molecule has 4 heterocycles. The first-order valence-electron chi connectivity index (χ1n) is 32.0. The number of hydrogen-bond donors (Lipinski definition) is 4. The average Bonchev–Trinajstić information content (AvgIpc) is 1.75. The molecule has 0 spiro atoms. The average molecular weight is 1260 g/mol. The lowest BCUT2D eigenvalue weighted by atomic mass is 9.85. The van der Waals surface area contributed by atoms with Crippen LogP contribution in [0.3, 0.4) is 0 Å². The van der Waals surface area contributed by atoms with Crippen molar-refractivity contribution < 1.29 is 76.7 Å². The molecule has 2 fully saturated rings. The van der Waals surface area contributed by atoms with Crippen LogP contribution in [0.1, 0.15) is 186 Å². The number of carbonyl (C=O) groups is 9. The van der Waals surface area contributed by atoms with E-state index in [9.17, 15) is 43.2 Å². The number of aryl methyl sites for hydroxylation is 1. The number of carbonyl (C=O) groups excluding carboxylic acids is 8. The van der Waals surface area contributed by atoms with Gasteiger partial charge < -0.3 is 54.4 Å². The third kappa shape index (κ3) is 20.1. The molecule has 6 atom stereocenters. The molecule has 496 valence electrons. The van der Waals surface area contributed by atoms with Crippen molar-refractivity contribution in [2.75, 3.05) is 45.4 Å². The van der Waals surface area contributed by atoms with E-state index in [-0.39, 0.29) is 131 Å². The highest BCUT2D eigenvalue weighted by Gasteiger charge is 2.43. The second-order valence-electron chi connectivity index (χ2n) is 26.0. The van der Waals surface area contributed by atoms with E-state index >= 15 is 0 Å². The molecule has 1 saturated heterocycles. The fourth-order valence-corrected chi connectivity index (χ4v) is 11.5. The summed E-state index contributed by atoms with van der Waals surface area (Å²) in [5.41, 5.74) is 4.00. The predicted octanol–water partition coefficient (Wildman–Crippen LogP) is 8.35. The van der Waals surface area contributed by atoms with Crippen LogP contribution in [-0.4, -0.2) is 141 Å². The Morgan fingerprint density at radius 1 is 0.813 bits per heavy atom. The zero-order chi connectivity index (χ0) is 66.3. The number of pyridine rings is 2. The van der Waals surface area contributed by atoms with Crippen LogP contribution < -0.4 is 30.2 Å². The van der Waals surface area contributed by atoms with E-state index < -0.39 is 52.9 Å². The molecule has 2 aliphatic heterocycles. The van der Waals surface area contributed by atoms with Crippen molar-refractivity contribution in [3.8, 4) is 17.5 Å². The van der Waals surface area contributed by atoms with E-state index in [1.165, 1.54) is 18.9 Å². The Morgan fingerprint density at radius 2 is 1.53 bits per heavy atom. The van der Waals surface area contributed by atoms with Crippen LogP contribution in [0, 0.1) is 23.7 Å². The van der Waals surface area contributed by atoms with E-state index in [0.717, 1.165) is 48.1 Å². The Labute approximate surface area is 533 Å². The lowest BCUT2D eigenvalue weighted by Gasteiger charge is -2.33. The monoisotopic (exact) mass is 1260 g/mol. The van der Waals surface area contributed by atoms with Gasteiger partial charge in [0.2, 0.25) is 41.3 Å². The number of benzene rings is 1. The van der Waals surface area contributed by atoms with Crippen molar-refractivity contribution in [3.63, 3.8) is 0 Å². The molecule has 91 heavy (non-hydrogen) atoms. The minimum atomic E-state index is -1.02. The molecule has 3 aromatic rings. The van der Waals surface area contributed by atoms with Gasteiger partial charge in [-0.2, -0.15) is 0 Å². The number of fused-ring (bicyclic) bond motifs is 2. The summed E-state index contributed by atoms with van der Waals surface area (Å²) in [5.74, 6) is -2.19. The number of ketones is 1. The number of rotatable bonds is 36. The van der Waals surface area contributed by atoms with E-state index in [4.69, 9.17) is 38.5 Å². The van der Waals surface area contributed by atoms with Gasteiger partial charge in [0, 0.05) is 43.5 Å². The Balaban J connectivity index is 0.790. The first kappa shape index (κ1) is 70.7. The largest absolute Gasteiger partial charge is 0.491 e. The second kappa shape index (κ2) is 32.0. The van der Waals surface area contributed by atoms with Crippen molar-refractivity contribution in [1.82, 2.24) is 30.4 Å². The molecule has 1 aromatic carbocycles. The highest BCUT2D eigenvalue weighted by molar-refractivity contribution is 6.04. The minimum Gasteiger partial charge on any atom is -0.491 e. The van der Waals surface area contributed by atoms with Gasteiger partial charge in [-0.05, 0) is 137 Å². The number of imide groups is 1. The maximum Gasteiger partial charge on any atom is 0.306 e. The quantitative estimate of drug-likeness (QED) is 0.0241. The van der Waals surface area contributed by atoms with Crippen molar-refractivity contribution in [2.24, 2.45) is 23.7 Å². The first-order valence-corrected chi connectivity index (χ1v) is 32.0. The molecule has 2 aliphatic carbocycles. The number of aromatic nitrogens is 2. The minimum absolute atomic E-state index is 0.0567. The molecule has 4 N–H and O–H groups in total. The summed E-state index contributed by atoms with van der Waals surface area (Å²) in [4.78, 5) is 129. The standard InChI is InChI=1S/C68H93N7O16/c1-12-15-44(13-2)50-34-58(79)75(66(50)85)26-29-90-68(9,10)39-91-67(7,8)35-56(77)73-61(40(3)4)63(84)69-42(6)62(83)70-48-20-16-43(17-21-48)38-89-60(82)25-23-57(78)74-36-47-31-51(49-30-41(49)5)64(72-53(47)37-74)87-27-14-28-88-65-55(86-11)33-45-18-19-46(32-52(45)71-65)54(76)22-24-59(80)81/h16-17,20-21,31-33,40-42,44,49-50,61H,12-15,18-19,22-30,34-39H2,1-11H3,(H,69,84)(H,70,83)(H,73,77)(H,80,81)/t41?,42-,44?,49?,50?,61-/m0/s1. The van der Waals surface area contributed by atoms with Gasteiger partial charge in [-0.3, -0.25) is 48.1 Å². The molecule has 0 bridgehead atoms. The fourth-order valence-electron chi connectivity index (χ4n) is 11.5. The van der Waals surface area contributed by atoms with Crippen molar-refractivity contribution >= 4 is 64.9 Å². The van der Waals surface area contributed by atoms with E-state index in [1.807, 2.05) is 19.9 Å². The number of allylic oxidation sites excluding steroid dienone is 1. The van der Waals surface area contributed by atoms with Gasteiger partial charge in [-0.1, -0.05) is 59.6 Å². The molecule has 4 aliphatic rings. The van der Waals surface area contributed by atoms with Crippen molar-refractivity contribution in [1.29, 1.82) is 0 Å². The molecule has 23 nitrogen and oxygen atoms in total. The Morgan fingerprint density at radius 3 is 2.19 bits per heavy atom. The molecule has 0 radical (unpaired) electrons. The molecule has 4 unspecified atom stereocenters. The van der Waals surface area contributed by atoms with Crippen LogP contribution in [0.15, 0.2) is 42.0 Å². The van der Waals surface area contributed by atoms with Gasteiger partial charge >= 0.3 is 11.9 Å². The van der Waals surface area contributed by atoms with Gasteiger partial charge in [0.1, 0.15) is 18.7 Å². The maximum atomic E-state index is 13.5. The molecule has 7 rings (SSSR count). The van der Waals surface area contributed by atoms with Crippen LogP contribution >= 0.6 is 0 Å². The molecule has 23 heteroatoms. The third-order valence-electron chi connectivity index (χ3n) is 17.1. The number of anilines is 1. The normalized spacial score (nSPS) is 17.9. The predicted molar refractivity (Wildman–Crippen MR) is 336 cm³/mol. The Kier molecular flexibility index (Phi) is 24.8. The van der Waals surface area contributed by atoms with Gasteiger partial charge in [-0.15, -0.1) is 0 Å². The number of hydrogen-bond acceptors (Lipinski definition) is 17. The van der Waals surface area contributed by atoms with Gasteiger partial charge in [0.25, 0.3) is 5.88 Å². The summed E-state index contributed by atoms with van der Waals surface area (Å²) in [6, 6.07) is 8.64. The number of amides is 6. The smallest absolute Gasteiger partial charge is 0.306 e. The number of methoxy groups -OCH3 is 1. The number of nitrogens with zero attached hydrogens (tertiary/aromatic N) is 4. The molecule has 1 saturated carbocycles. The van der Waals surface area contributed by atoms with Crippen LogP contribution in [0.2, 0.25) is 0 Å². The topological polar surface area (TPSA) is 298 Å². The number of likely N-dealkylation sites (tertiary alicyclic amines) is 1. The number of ether oxygens (including phenoxy) is 6. The first-order chi connectivity index (χ1) is 43.2. The Bertz CT molecular complexity index is 3180. The molecular weight excluding hydrogens is 1170 g/mol. The van der Waals surface area contributed by atoms with Crippen LogP contribution in [-0.2, 0) is 83.5 Å². The zero-order valence-corrected chi connectivity index (χ0v) is 54.8. The third-order valence-corrected chi connectivity index (χ3v) is 17.1. The lowest BCUT2D eigenvalue weighted by Crippen LogP contribution is -2.54. The summed E-state index contributed by atoms with van der Waals surface area (Å²) in [6.45, 7) is 20.1. The summed E-state index contributed by atoms with van der Waals surface area (Å²) in [7, 11) is 1.53. The summed E-state index contributed by atoms with van der Waals surface area (Å²) in [6.07, 6.45) is 6.60. The van der Waals surface area contributed by atoms with E-state index in [0.29, 0.717) is 72.5 Å². The number of carboxylic acid groups (broad SMARTS) is 1. The molecule has 2 aromatic heterocycles. The van der Waals surface area contributed by atoms with Gasteiger partial charge in [0.05, 0.1) is 94.4 Å². The molecule has 6 amide bonds. The number of Topliss-reactive ketones (excluding diaryl/α,β-unsaturated/α-hetero) is 1. The number of carboxylic acids is 1. The van der Waals surface area contributed by atoms with Crippen LogP contribution in [0.25, 0.3) is 6.08 Å². The van der Waals surface area contributed by atoms with E-state index in [1.54, 1.807) is 62.9 Å². The van der Waals surface area contributed by atoms with Crippen LogP contribution in [0.4, 0.5) is 5.69 Å². The van der Waals surface area contributed by atoms with E-state index in [2.05, 4.69) is 47.8 Å². The number of aliphatic carboxylic acids is 1. The highest BCUT2D eigenvalue weighted by atomic mass is 16.6. The lowest BCUT2D eigenvalue weighted by molar-refractivity contribution is -0.148. The number of esters is 1. The van der Waals surface area contributed by atoms with Gasteiger partial charge in [0.15, 0.2) is 11.5 Å². The SMILES string of the molecule is CCCC(CC)C1CC(=O)N(CCOC(C)(C)COC(C)(C)CC(=O)N[C@H](C(=O)N[C@@H](C)C(=O)Nc2ccc(COC(=O)CCC(=O)N3Cc4cc(C5CC5C)c(OCCCOc5nc6c(cc5OC)CCC(C(=O)CCC(=O)O)=C6)nc4C3)cc2)C(C)C)C1=O. The Hall–Kier alpha value is -7.79. The van der Waals surface area contributed by atoms with Crippen molar-refractivity contribution in [3.05, 3.63) is 75.6 Å². The fraction of sp³-hybridized carbons (Fsp3) is 0.603. The summed E-state index contributed by atoms with van der Waals surface area (Å²) < 4.78 is 35.6. The summed E-state index contributed by atoms with van der Waals surface area (Å²) in [5, 5.41) is 17.3. The summed E-state index contributed by atoms with van der Waals surface area (Å²) >= 11 is 0. The highest BCUT2D eigenvalue weighted by Crippen LogP contribution is 2.50.